The predicted octanol–water partition coefficient (Wildman–Crippen LogP) is 4.58. The summed E-state index contributed by atoms with van der Waals surface area (Å²) in [5, 5.41) is 0. The van der Waals surface area contributed by atoms with Crippen LogP contribution in [0.15, 0.2) is 78.9 Å². The minimum atomic E-state index is -0.500. The highest BCUT2D eigenvalue weighted by Crippen LogP contribution is 2.16. The molecular weight excluding hydrogens is 312 g/mol. The fraction of sp³-hybridized carbons (Fsp3) is 0.0909. The van der Waals surface area contributed by atoms with Gasteiger partial charge in [0.15, 0.2) is 5.78 Å². The molecule has 3 rings (SSSR count). The molecule has 0 amide bonds. The molecule has 0 N–H and O–H groups in total. The molecule has 0 aromatic heterocycles. The SMILES string of the molecule is Cc1ccc(COC(=O)c2ccccc2C(=O)c2ccccc2)cc1. The predicted molar refractivity (Wildman–Crippen MR) is 96.6 cm³/mol. The van der Waals surface area contributed by atoms with Gasteiger partial charge in [-0.05, 0) is 18.6 Å². The quantitative estimate of drug-likeness (QED) is 0.508. The van der Waals surface area contributed by atoms with Crippen LogP contribution in [0.2, 0.25) is 0 Å². The molecular formula is C22H18O3. The molecule has 3 nitrogen and oxygen atoms in total. The van der Waals surface area contributed by atoms with Gasteiger partial charge in [-0.15, -0.1) is 0 Å². The highest BCUT2D eigenvalue weighted by atomic mass is 16.5. The van der Waals surface area contributed by atoms with Crippen LogP contribution in [-0.2, 0) is 11.3 Å². The van der Waals surface area contributed by atoms with Crippen LogP contribution < -0.4 is 0 Å². The van der Waals surface area contributed by atoms with Crippen LogP contribution >= 0.6 is 0 Å². The number of ketones is 1. The molecule has 0 saturated carbocycles. The molecule has 0 fully saturated rings. The van der Waals surface area contributed by atoms with Crippen molar-refractivity contribution in [2.24, 2.45) is 0 Å². The first-order valence-electron chi connectivity index (χ1n) is 8.06. The molecule has 3 aromatic rings. The summed E-state index contributed by atoms with van der Waals surface area (Å²) < 4.78 is 5.39. The molecule has 0 aliphatic heterocycles. The van der Waals surface area contributed by atoms with Crippen LogP contribution in [0.25, 0.3) is 0 Å². The molecule has 0 aliphatic carbocycles. The molecule has 0 heterocycles. The van der Waals surface area contributed by atoms with E-state index < -0.39 is 5.97 Å². The number of rotatable bonds is 5. The van der Waals surface area contributed by atoms with E-state index in [2.05, 4.69) is 0 Å². The highest BCUT2D eigenvalue weighted by Gasteiger charge is 2.18. The van der Waals surface area contributed by atoms with Crippen molar-refractivity contribution in [3.63, 3.8) is 0 Å². The van der Waals surface area contributed by atoms with Crippen LogP contribution in [0, 0.1) is 6.92 Å². The highest BCUT2D eigenvalue weighted by molar-refractivity contribution is 6.14. The Labute approximate surface area is 146 Å². The van der Waals surface area contributed by atoms with Crippen LogP contribution in [-0.4, -0.2) is 11.8 Å². The minimum absolute atomic E-state index is 0.174. The van der Waals surface area contributed by atoms with Gasteiger partial charge < -0.3 is 4.74 Å². The van der Waals surface area contributed by atoms with Crippen molar-refractivity contribution in [3.05, 3.63) is 107 Å². The molecule has 3 aromatic carbocycles. The van der Waals surface area contributed by atoms with Gasteiger partial charge in [0.05, 0.1) is 5.56 Å². The van der Waals surface area contributed by atoms with Crippen molar-refractivity contribution in [2.45, 2.75) is 13.5 Å². The number of carbonyl (C=O) groups excluding carboxylic acids is 2. The van der Waals surface area contributed by atoms with Gasteiger partial charge in [0.25, 0.3) is 0 Å². The molecule has 0 aliphatic rings. The lowest BCUT2D eigenvalue weighted by Crippen LogP contribution is -2.12. The van der Waals surface area contributed by atoms with Gasteiger partial charge in [0.1, 0.15) is 6.61 Å². The van der Waals surface area contributed by atoms with Gasteiger partial charge in [-0.3, -0.25) is 4.79 Å². The summed E-state index contributed by atoms with van der Waals surface area (Å²) in [6, 6.07) is 23.4. The molecule has 0 radical (unpaired) electrons. The van der Waals surface area contributed by atoms with E-state index in [1.165, 1.54) is 0 Å². The first-order valence-corrected chi connectivity index (χ1v) is 8.06. The second kappa shape index (κ2) is 7.58. The van der Waals surface area contributed by atoms with E-state index in [1.54, 1.807) is 48.5 Å². The summed E-state index contributed by atoms with van der Waals surface area (Å²) in [5.74, 6) is -0.691. The Hall–Kier alpha value is -3.20. The van der Waals surface area contributed by atoms with Gasteiger partial charge in [-0.2, -0.15) is 0 Å². The van der Waals surface area contributed by atoms with Crippen molar-refractivity contribution in [1.82, 2.24) is 0 Å². The molecule has 0 spiro atoms. The van der Waals surface area contributed by atoms with Crippen LogP contribution in [0.4, 0.5) is 0 Å². The molecule has 0 saturated heterocycles. The van der Waals surface area contributed by atoms with Gasteiger partial charge in [-0.25, -0.2) is 4.79 Å². The van der Waals surface area contributed by atoms with Crippen LogP contribution in [0.5, 0.6) is 0 Å². The van der Waals surface area contributed by atoms with Crippen LogP contribution in [0.3, 0.4) is 0 Å². The first-order chi connectivity index (χ1) is 12.1. The maximum Gasteiger partial charge on any atom is 0.339 e. The van der Waals surface area contributed by atoms with Crippen molar-refractivity contribution in [2.75, 3.05) is 0 Å². The lowest BCUT2D eigenvalue weighted by Gasteiger charge is -2.09. The Bertz CT molecular complexity index is 881. The van der Waals surface area contributed by atoms with Crippen LogP contribution in [0.1, 0.15) is 37.4 Å². The Balaban J connectivity index is 1.79. The van der Waals surface area contributed by atoms with Gasteiger partial charge in [0, 0.05) is 11.1 Å². The summed E-state index contributed by atoms with van der Waals surface area (Å²) in [7, 11) is 0. The van der Waals surface area contributed by atoms with E-state index in [-0.39, 0.29) is 18.0 Å². The number of aryl methyl sites for hydroxylation is 1. The second-order valence-corrected chi connectivity index (χ2v) is 5.80. The third kappa shape index (κ3) is 4.01. The van der Waals surface area contributed by atoms with Crippen molar-refractivity contribution in [1.29, 1.82) is 0 Å². The van der Waals surface area contributed by atoms with Crippen molar-refractivity contribution < 1.29 is 14.3 Å². The molecule has 3 heteroatoms. The average molecular weight is 330 g/mol. The fourth-order valence-corrected chi connectivity index (χ4v) is 2.52. The largest absolute Gasteiger partial charge is 0.457 e. The average Bonchev–Trinajstić information content (AvgIpc) is 2.67. The normalized spacial score (nSPS) is 10.3. The van der Waals surface area contributed by atoms with E-state index in [0.717, 1.165) is 11.1 Å². The smallest absolute Gasteiger partial charge is 0.339 e. The molecule has 0 atom stereocenters. The van der Waals surface area contributed by atoms with Gasteiger partial charge in [0.2, 0.25) is 0 Å². The van der Waals surface area contributed by atoms with Crippen molar-refractivity contribution >= 4 is 11.8 Å². The maximum atomic E-state index is 12.7. The van der Waals surface area contributed by atoms with E-state index in [0.29, 0.717) is 11.1 Å². The molecule has 25 heavy (non-hydrogen) atoms. The zero-order valence-electron chi connectivity index (χ0n) is 13.9. The Kier molecular flexibility index (Phi) is 5.05. The second-order valence-electron chi connectivity index (χ2n) is 5.80. The summed E-state index contributed by atoms with van der Waals surface area (Å²) in [4.78, 5) is 25.1. The third-order valence-corrected chi connectivity index (χ3v) is 3.92. The monoisotopic (exact) mass is 330 g/mol. The van der Waals surface area contributed by atoms with E-state index in [9.17, 15) is 9.59 Å². The number of hydrogen-bond donors (Lipinski definition) is 0. The number of hydrogen-bond acceptors (Lipinski definition) is 3. The summed E-state index contributed by atoms with van der Waals surface area (Å²) in [6.07, 6.45) is 0. The summed E-state index contributed by atoms with van der Waals surface area (Å²) in [6.45, 7) is 2.17. The number of benzene rings is 3. The molecule has 0 unspecified atom stereocenters. The summed E-state index contributed by atoms with van der Waals surface area (Å²) in [5.41, 5.74) is 3.23. The molecule has 0 bridgehead atoms. The molecule has 124 valence electrons. The maximum absolute atomic E-state index is 12.7. The zero-order chi connectivity index (χ0) is 17.6. The topological polar surface area (TPSA) is 43.4 Å². The van der Waals surface area contributed by atoms with Crippen molar-refractivity contribution in [3.8, 4) is 0 Å². The van der Waals surface area contributed by atoms with Gasteiger partial charge in [-0.1, -0.05) is 78.4 Å². The third-order valence-electron chi connectivity index (χ3n) is 3.92. The van der Waals surface area contributed by atoms with E-state index in [1.807, 2.05) is 37.3 Å². The fourth-order valence-electron chi connectivity index (χ4n) is 2.52. The van der Waals surface area contributed by atoms with Gasteiger partial charge >= 0.3 is 5.97 Å². The Morgan fingerprint density at radius 1 is 0.760 bits per heavy atom. The lowest BCUT2D eigenvalue weighted by molar-refractivity contribution is 0.0470. The zero-order valence-corrected chi connectivity index (χ0v) is 13.9. The lowest BCUT2D eigenvalue weighted by atomic mass is 9.98. The number of ether oxygens (including phenoxy) is 1. The minimum Gasteiger partial charge on any atom is -0.457 e. The number of esters is 1. The standard InChI is InChI=1S/C22H18O3/c1-16-11-13-17(14-12-16)15-25-22(24)20-10-6-5-9-19(20)21(23)18-7-3-2-4-8-18/h2-14H,15H2,1H3. The number of carbonyl (C=O) groups is 2. The Morgan fingerprint density at radius 3 is 2.04 bits per heavy atom. The van der Waals surface area contributed by atoms with E-state index >= 15 is 0 Å². The first kappa shape index (κ1) is 16.7. The Morgan fingerprint density at radius 2 is 1.36 bits per heavy atom. The summed E-state index contributed by atoms with van der Waals surface area (Å²) >= 11 is 0. The van der Waals surface area contributed by atoms with E-state index in [4.69, 9.17) is 4.74 Å².